The Hall–Kier alpha value is -4.26. The average molecular weight is 610 g/mol. The first kappa shape index (κ1) is 27.6. The van der Waals surface area contributed by atoms with Gasteiger partial charge in [-0.1, -0.05) is 83.9 Å². The Morgan fingerprint density at radius 3 is 1.67 bits per heavy atom. The van der Waals surface area contributed by atoms with Gasteiger partial charge in [-0.25, -0.2) is 5.01 Å². The summed E-state index contributed by atoms with van der Waals surface area (Å²) in [4.78, 5) is 56.6. The van der Waals surface area contributed by atoms with Crippen molar-refractivity contribution in [3.05, 3.63) is 139 Å². The molecule has 4 aliphatic rings. The van der Waals surface area contributed by atoms with Crippen LogP contribution in [0.3, 0.4) is 0 Å². The molecule has 8 rings (SSSR count). The van der Waals surface area contributed by atoms with E-state index in [2.05, 4.69) is 0 Å². The Labute approximate surface area is 258 Å². The highest BCUT2D eigenvalue weighted by Crippen LogP contribution is 2.61. The summed E-state index contributed by atoms with van der Waals surface area (Å²) in [6, 6.07) is 25.4. The minimum absolute atomic E-state index is 0.104. The molecular weight excluding hydrogens is 583 g/mol. The molecule has 0 spiro atoms. The Kier molecular flexibility index (Phi) is 6.53. The summed E-state index contributed by atoms with van der Waals surface area (Å²) in [7, 11) is 0. The van der Waals surface area contributed by atoms with Crippen molar-refractivity contribution in [3.8, 4) is 0 Å². The molecule has 6 nitrogen and oxygen atoms in total. The number of carbonyl (C=O) groups excluding carboxylic acids is 4. The highest BCUT2D eigenvalue weighted by molar-refractivity contribution is 6.42. The molecule has 1 fully saturated rings. The number of aryl methyl sites for hydroxylation is 2. The molecule has 8 heteroatoms. The quantitative estimate of drug-likeness (QED) is 0.186. The van der Waals surface area contributed by atoms with Crippen molar-refractivity contribution in [2.75, 3.05) is 6.54 Å². The number of nitrogens with zero attached hydrogens (tertiary/aromatic N) is 2. The number of amides is 3. The Balaban J connectivity index is 1.33. The summed E-state index contributed by atoms with van der Waals surface area (Å²) in [5.74, 6) is -4.18. The van der Waals surface area contributed by atoms with Gasteiger partial charge in [-0.2, -0.15) is 5.01 Å². The fourth-order valence-electron chi connectivity index (χ4n) is 7.05. The van der Waals surface area contributed by atoms with Crippen LogP contribution < -0.4 is 0 Å². The minimum Gasteiger partial charge on any atom is -0.292 e. The van der Waals surface area contributed by atoms with Crippen molar-refractivity contribution in [3.63, 3.8) is 0 Å². The number of Topliss-reactive ketones (excluding diaryl/α,β-unsaturated/α-hetero) is 1. The Morgan fingerprint density at radius 1 is 0.674 bits per heavy atom. The van der Waals surface area contributed by atoms with Gasteiger partial charge in [0.15, 0.2) is 5.78 Å². The van der Waals surface area contributed by atoms with Crippen molar-refractivity contribution in [1.82, 2.24) is 10.0 Å². The van der Waals surface area contributed by atoms with E-state index in [1.165, 1.54) is 18.2 Å². The van der Waals surface area contributed by atoms with E-state index >= 15 is 0 Å². The van der Waals surface area contributed by atoms with Crippen LogP contribution >= 0.6 is 23.2 Å². The van der Waals surface area contributed by atoms with Gasteiger partial charge in [-0.3, -0.25) is 19.2 Å². The zero-order chi connectivity index (χ0) is 30.2. The summed E-state index contributed by atoms with van der Waals surface area (Å²) in [5.41, 5.74) is 6.49. The lowest BCUT2D eigenvalue weighted by molar-refractivity contribution is -0.154. The van der Waals surface area contributed by atoms with Crippen LogP contribution in [-0.2, 0) is 9.59 Å². The molecule has 0 radical (unpaired) electrons. The molecule has 0 aromatic heterocycles. The molecule has 1 saturated heterocycles. The van der Waals surface area contributed by atoms with Crippen LogP contribution in [0.15, 0.2) is 84.9 Å². The van der Waals surface area contributed by atoms with Gasteiger partial charge >= 0.3 is 0 Å². The van der Waals surface area contributed by atoms with Crippen LogP contribution in [0.4, 0.5) is 0 Å². The molecule has 0 unspecified atom stereocenters. The molecule has 2 atom stereocenters. The Bertz CT molecular complexity index is 1770. The normalized spacial score (nSPS) is 21.3. The number of hydrazine groups is 1. The molecule has 3 aliphatic carbocycles. The van der Waals surface area contributed by atoms with Gasteiger partial charge in [0.2, 0.25) is 0 Å². The second-order valence-electron chi connectivity index (χ2n) is 11.5. The third-order valence-corrected chi connectivity index (χ3v) is 9.93. The average Bonchev–Trinajstić information content (AvgIpc) is 3.28. The topological polar surface area (TPSA) is 74.8 Å². The number of halogens is 2. The third-order valence-electron chi connectivity index (χ3n) is 9.19. The van der Waals surface area contributed by atoms with E-state index in [0.29, 0.717) is 5.56 Å². The van der Waals surface area contributed by atoms with Gasteiger partial charge in [0, 0.05) is 23.0 Å². The first-order valence-electron chi connectivity index (χ1n) is 14.1. The number of benzene rings is 4. The predicted molar refractivity (Wildman–Crippen MR) is 163 cm³/mol. The second-order valence-corrected chi connectivity index (χ2v) is 12.3. The van der Waals surface area contributed by atoms with Crippen LogP contribution in [0.1, 0.15) is 65.9 Å². The van der Waals surface area contributed by atoms with Gasteiger partial charge < -0.3 is 0 Å². The van der Waals surface area contributed by atoms with Crippen LogP contribution in [0, 0.1) is 25.7 Å². The van der Waals surface area contributed by atoms with Crippen molar-refractivity contribution < 1.29 is 19.2 Å². The van der Waals surface area contributed by atoms with Gasteiger partial charge in [0.25, 0.3) is 17.7 Å². The first-order valence-corrected chi connectivity index (χ1v) is 14.9. The van der Waals surface area contributed by atoms with Crippen LogP contribution in [0.2, 0.25) is 10.0 Å². The minimum atomic E-state index is -0.705. The van der Waals surface area contributed by atoms with E-state index in [1.807, 2.05) is 68.4 Å². The molecule has 4 aromatic carbocycles. The van der Waals surface area contributed by atoms with Crippen molar-refractivity contribution >= 4 is 46.7 Å². The summed E-state index contributed by atoms with van der Waals surface area (Å²) in [5, 5.41) is 2.32. The molecular formula is C35H26Cl2N2O4. The van der Waals surface area contributed by atoms with Crippen LogP contribution in [0.5, 0.6) is 0 Å². The lowest BCUT2D eigenvalue weighted by atomic mass is 9.55. The zero-order valence-electron chi connectivity index (χ0n) is 23.4. The maximum atomic E-state index is 14.4. The fraction of sp³-hybridized carbons (Fsp3) is 0.200. The van der Waals surface area contributed by atoms with E-state index in [0.717, 1.165) is 43.4 Å². The molecule has 0 saturated carbocycles. The molecule has 43 heavy (non-hydrogen) atoms. The molecule has 214 valence electrons. The smallest absolute Gasteiger partial charge is 0.273 e. The van der Waals surface area contributed by atoms with E-state index in [1.54, 1.807) is 12.1 Å². The summed E-state index contributed by atoms with van der Waals surface area (Å²) < 4.78 is 0. The van der Waals surface area contributed by atoms with Crippen LogP contribution in [0.25, 0.3) is 0 Å². The molecule has 1 heterocycles. The fourth-order valence-corrected chi connectivity index (χ4v) is 7.35. The van der Waals surface area contributed by atoms with E-state index in [9.17, 15) is 19.2 Å². The molecule has 0 N–H and O–H groups in total. The highest BCUT2D eigenvalue weighted by atomic mass is 35.5. The Morgan fingerprint density at radius 2 is 1.19 bits per heavy atom. The van der Waals surface area contributed by atoms with E-state index < -0.39 is 41.9 Å². The number of ketones is 1. The number of rotatable bonds is 5. The standard InChI is InChI=1S/C35H26Cl2N2O4/c1-18-11-12-20(15-19(18)2)28(40)17-38(33(41)21-13-14-26(36)27(37)16-21)39-34(42)31-29-22-7-3-4-8-23(22)30(32(31)35(39)43)25-10-6-5-9-24(25)29/h3-16,29-32H,17H2,1-2H3/t29?,30?,31-,32-/m0/s1. The van der Waals surface area contributed by atoms with Gasteiger partial charge in [0.05, 0.1) is 21.9 Å². The van der Waals surface area contributed by atoms with Gasteiger partial charge in [-0.05, 0) is 71.5 Å². The van der Waals surface area contributed by atoms with Crippen molar-refractivity contribution in [1.29, 1.82) is 0 Å². The molecule has 3 amide bonds. The van der Waals surface area contributed by atoms with Crippen LogP contribution in [-0.4, -0.2) is 40.1 Å². The number of hydrogen-bond donors (Lipinski definition) is 0. The first-order chi connectivity index (χ1) is 20.7. The van der Waals surface area contributed by atoms with Crippen molar-refractivity contribution in [2.24, 2.45) is 11.8 Å². The van der Waals surface area contributed by atoms with Crippen molar-refractivity contribution in [2.45, 2.75) is 25.7 Å². The molecule has 2 bridgehead atoms. The monoisotopic (exact) mass is 608 g/mol. The molecule has 1 aliphatic heterocycles. The lowest BCUT2D eigenvalue weighted by Crippen LogP contribution is -2.52. The number of imide groups is 1. The largest absolute Gasteiger partial charge is 0.292 e. The van der Waals surface area contributed by atoms with Gasteiger partial charge in [-0.15, -0.1) is 0 Å². The van der Waals surface area contributed by atoms with E-state index in [-0.39, 0.29) is 27.4 Å². The van der Waals surface area contributed by atoms with E-state index in [4.69, 9.17) is 23.2 Å². The number of carbonyl (C=O) groups is 4. The summed E-state index contributed by atoms with van der Waals surface area (Å²) in [6.45, 7) is 3.33. The zero-order valence-corrected chi connectivity index (χ0v) is 24.9. The lowest BCUT2D eigenvalue weighted by Gasteiger charge is -2.45. The third kappa shape index (κ3) is 4.15. The number of hydrogen-bond acceptors (Lipinski definition) is 4. The summed E-state index contributed by atoms with van der Waals surface area (Å²) in [6.07, 6.45) is 0. The second kappa shape index (κ2) is 10.2. The summed E-state index contributed by atoms with van der Waals surface area (Å²) >= 11 is 12.4. The maximum absolute atomic E-state index is 14.4. The predicted octanol–water partition coefficient (Wildman–Crippen LogP) is 6.74. The van der Waals surface area contributed by atoms with Gasteiger partial charge in [0.1, 0.15) is 6.54 Å². The SMILES string of the molecule is Cc1ccc(C(=O)CN(C(=O)c2ccc(Cl)c(Cl)c2)N2C(=O)[C@H]3C4c5ccccc5C(c5ccccc54)[C@@H]3C2=O)cc1C. The highest BCUT2D eigenvalue weighted by Gasteiger charge is 2.63. The maximum Gasteiger partial charge on any atom is 0.273 e. The molecule has 4 aromatic rings.